The highest BCUT2D eigenvalue weighted by atomic mass is 35.5. The molecule has 1 aromatic carbocycles. The lowest BCUT2D eigenvalue weighted by Gasteiger charge is -2.12. The molecule has 9 heteroatoms. The first-order chi connectivity index (χ1) is 12.1. The van der Waals surface area contributed by atoms with E-state index in [1.165, 1.54) is 0 Å². The van der Waals surface area contributed by atoms with Gasteiger partial charge >= 0.3 is 12.2 Å². The van der Waals surface area contributed by atoms with E-state index in [0.29, 0.717) is 18.0 Å². The molecule has 0 aliphatic heterocycles. The molecule has 0 bridgehead atoms. The summed E-state index contributed by atoms with van der Waals surface area (Å²) in [7, 11) is 0. The Kier molecular flexibility index (Phi) is 6.31. The summed E-state index contributed by atoms with van der Waals surface area (Å²) in [6.07, 6.45) is -3.89. The molecule has 0 saturated carbocycles. The van der Waals surface area contributed by atoms with E-state index < -0.39 is 17.8 Å². The maximum absolute atomic E-state index is 12.6. The lowest BCUT2D eigenvalue weighted by atomic mass is 10.2. The van der Waals surface area contributed by atoms with E-state index in [1.54, 1.807) is 24.3 Å². The number of halogens is 4. The van der Waals surface area contributed by atoms with Crippen molar-refractivity contribution in [2.75, 3.05) is 5.32 Å². The predicted octanol–water partition coefficient (Wildman–Crippen LogP) is 4.86. The Bertz CT molecular complexity index is 765. The third-order valence-corrected chi connectivity index (χ3v) is 3.44. The number of rotatable bonds is 5. The number of hydrogen-bond acceptors (Lipinski definition) is 3. The van der Waals surface area contributed by atoms with Crippen LogP contribution in [-0.4, -0.2) is 17.1 Å². The van der Waals surface area contributed by atoms with Crippen LogP contribution in [0.4, 0.5) is 23.8 Å². The van der Waals surface area contributed by atoms with E-state index in [0.717, 1.165) is 5.56 Å². The van der Waals surface area contributed by atoms with Crippen LogP contribution in [0.25, 0.3) is 0 Å². The molecule has 1 aromatic heterocycles. The van der Waals surface area contributed by atoms with Gasteiger partial charge in [-0.1, -0.05) is 23.7 Å². The molecule has 5 nitrogen and oxygen atoms in total. The lowest BCUT2D eigenvalue weighted by molar-refractivity contribution is -0.137. The molecule has 0 fully saturated rings. The number of nitrogens with zero attached hydrogens (tertiary/aromatic N) is 1. The number of hydrogen-bond donors (Lipinski definition) is 2. The summed E-state index contributed by atoms with van der Waals surface area (Å²) in [6, 6.07) is 7.22. The Morgan fingerprint density at radius 1 is 1.27 bits per heavy atom. The summed E-state index contributed by atoms with van der Waals surface area (Å²) in [5.41, 5.74) is -0.167. The van der Waals surface area contributed by atoms with Crippen molar-refractivity contribution in [1.29, 1.82) is 0 Å². The number of aromatic nitrogens is 1. The van der Waals surface area contributed by atoms with Crippen LogP contribution in [0.3, 0.4) is 0 Å². The number of amides is 2. The van der Waals surface area contributed by atoms with E-state index in [9.17, 15) is 18.0 Å². The molecule has 2 rings (SSSR count). The second-order valence-electron chi connectivity index (χ2n) is 5.67. The van der Waals surface area contributed by atoms with Crippen molar-refractivity contribution in [3.63, 3.8) is 0 Å². The number of ether oxygens (including phenoxy) is 1. The Morgan fingerprint density at radius 3 is 2.46 bits per heavy atom. The summed E-state index contributed by atoms with van der Waals surface area (Å²) < 4.78 is 43.2. The standard InChI is InChI=1S/C17H17ClF3N3O2/c1-10(2)26-13-5-3-11(4-6-13)8-23-16(25)24-15-14(18)7-12(9-22-15)17(19,20)21/h3-7,9-10H,8H2,1-2H3,(H2,22,23,24,25). The smallest absolute Gasteiger partial charge is 0.417 e. The average Bonchev–Trinajstić information content (AvgIpc) is 2.54. The van der Waals surface area contributed by atoms with E-state index in [4.69, 9.17) is 16.3 Å². The highest BCUT2D eigenvalue weighted by molar-refractivity contribution is 6.33. The Balaban J connectivity index is 1.91. The Labute approximate surface area is 153 Å². The SMILES string of the molecule is CC(C)Oc1ccc(CNC(=O)Nc2ncc(C(F)(F)F)cc2Cl)cc1. The van der Waals surface area contributed by atoms with Crippen molar-refractivity contribution in [3.8, 4) is 5.75 Å². The molecular weight excluding hydrogens is 371 g/mol. The number of benzene rings is 1. The first kappa shape index (κ1) is 19.8. The fourth-order valence-electron chi connectivity index (χ4n) is 1.98. The van der Waals surface area contributed by atoms with Gasteiger partial charge in [0.15, 0.2) is 5.82 Å². The van der Waals surface area contributed by atoms with Gasteiger partial charge < -0.3 is 10.1 Å². The minimum atomic E-state index is -4.55. The van der Waals surface area contributed by atoms with Crippen LogP contribution in [0.5, 0.6) is 5.75 Å². The number of nitrogens with one attached hydrogen (secondary N) is 2. The number of alkyl halides is 3. The number of carbonyl (C=O) groups is 1. The van der Waals surface area contributed by atoms with E-state index in [2.05, 4.69) is 15.6 Å². The van der Waals surface area contributed by atoms with Gasteiger partial charge in [0.05, 0.1) is 16.7 Å². The fraction of sp³-hybridized carbons (Fsp3) is 0.294. The zero-order valence-electron chi connectivity index (χ0n) is 14.0. The third-order valence-electron chi connectivity index (χ3n) is 3.15. The monoisotopic (exact) mass is 387 g/mol. The van der Waals surface area contributed by atoms with Crippen molar-refractivity contribution in [1.82, 2.24) is 10.3 Å². The second kappa shape index (κ2) is 8.27. The molecule has 2 amide bonds. The molecule has 2 N–H and O–H groups in total. The van der Waals surface area contributed by atoms with E-state index in [-0.39, 0.29) is 23.5 Å². The van der Waals surface area contributed by atoms with Gasteiger partial charge in [-0.15, -0.1) is 0 Å². The molecule has 0 atom stereocenters. The number of anilines is 1. The summed E-state index contributed by atoms with van der Waals surface area (Å²) in [5.74, 6) is 0.562. The molecule has 0 aliphatic carbocycles. The molecule has 140 valence electrons. The van der Waals surface area contributed by atoms with Crippen LogP contribution < -0.4 is 15.4 Å². The Hall–Kier alpha value is -2.48. The molecular formula is C17H17ClF3N3O2. The largest absolute Gasteiger partial charge is 0.491 e. The first-order valence-corrected chi connectivity index (χ1v) is 8.06. The minimum Gasteiger partial charge on any atom is -0.491 e. The minimum absolute atomic E-state index is 0.0609. The third kappa shape index (κ3) is 5.80. The van der Waals surface area contributed by atoms with Gasteiger partial charge in [0.25, 0.3) is 0 Å². The van der Waals surface area contributed by atoms with Gasteiger partial charge in [0.1, 0.15) is 5.75 Å². The fourth-order valence-corrected chi connectivity index (χ4v) is 2.19. The van der Waals surface area contributed by atoms with Crippen molar-refractivity contribution < 1.29 is 22.7 Å². The molecule has 1 heterocycles. The topological polar surface area (TPSA) is 63.2 Å². The van der Waals surface area contributed by atoms with Gasteiger partial charge in [-0.2, -0.15) is 13.2 Å². The number of urea groups is 1. The number of pyridine rings is 1. The normalized spacial score (nSPS) is 11.3. The maximum Gasteiger partial charge on any atom is 0.417 e. The van der Waals surface area contributed by atoms with Crippen molar-refractivity contribution in [2.45, 2.75) is 32.7 Å². The van der Waals surface area contributed by atoms with Crippen LogP contribution in [0, 0.1) is 0 Å². The van der Waals surface area contributed by atoms with Crippen LogP contribution in [0.1, 0.15) is 25.0 Å². The molecule has 0 aliphatic rings. The highest BCUT2D eigenvalue weighted by Gasteiger charge is 2.31. The zero-order valence-corrected chi connectivity index (χ0v) is 14.8. The van der Waals surface area contributed by atoms with Crippen LogP contribution in [-0.2, 0) is 12.7 Å². The van der Waals surface area contributed by atoms with Crippen LogP contribution in [0.2, 0.25) is 5.02 Å². The van der Waals surface area contributed by atoms with Crippen molar-refractivity contribution in [3.05, 3.63) is 52.7 Å². The summed E-state index contributed by atoms with van der Waals surface area (Å²) in [4.78, 5) is 15.4. The van der Waals surface area contributed by atoms with Gasteiger partial charge in [-0.3, -0.25) is 5.32 Å². The van der Waals surface area contributed by atoms with Gasteiger partial charge in [0.2, 0.25) is 0 Å². The van der Waals surface area contributed by atoms with E-state index >= 15 is 0 Å². The second-order valence-corrected chi connectivity index (χ2v) is 6.08. The highest BCUT2D eigenvalue weighted by Crippen LogP contribution is 2.32. The Morgan fingerprint density at radius 2 is 1.92 bits per heavy atom. The molecule has 0 saturated heterocycles. The average molecular weight is 388 g/mol. The molecule has 0 spiro atoms. The quantitative estimate of drug-likeness (QED) is 0.769. The first-order valence-electron chi connectivity index (χ1n) is 7.68. The van der Waals surface area contributed by atoms with Gasteiger partial charge in [0, 0.05) is 12.7 Å². The lowest BCUT2D eigenvalue weighted by Crippen LogP contribution is -2.28. The molecule has 0 unspecified atom stereocenters. The predicted molar refractivity (Wildman–Crippen MR) is 92.3 cm³/mol. The zero-order chi connectivity index (χ0) is 19.3. The maximum atomic E-state index is 12.6. The van der Waals surface area contributed by atoms with Crippen LogP contribution >= 0.6 is 11.6 Å². The van der Waals surface area contributed by atoms with Crippen molar-refractivity contribution >= 4 is 23.4 Å². The summed E-state index contributed by atoms with van der Waals surface area (Å²) in [6.45, 7) is 4.05. The molecule has 0 radical (unpaired) electrons. The summed E-state index contributed by atoms with van der Waals surface area (Å²) in [5, 5.41) is 4.58. The van der Waals surface area contributed by atoms with Gasteiger partial charge in [-0.05, 0) is 37.6 Å². The van der Waals surface area contributed by atoms with Crippen LogP contribution in [0.15, 0.2) is 36.5 Å². The van der Waals surface area contributed by atoms with Gasteiger partial charge in [-0.25, -0.2) is 9.78 Å². The molecule has 26 heavy (non-hydrogen) atoms. The number of carbonyl (C=O) groups excluding carboxylic acids is 1. The van der Waals surface area contributed by atoms with Crippen molar-refractivity contribution in [2.24, 2.45) is 0 Å². The molecule has 2 aromatic rings. The van der Waals surface area contributed by atoms with E-state index in [1.807, 2.05) is 13.8 Å². The summed E-state index contributed by atoms with van der Waals surface area (Å²) >= 11 is 5.74.